The van der Waals surface area contributed by atoms with Crippen LogP contribution in [0.2, 0.25) is 0 Å². The molecule has 2 aromatic rings. The molecule has 1 unspecified atom stereocenters. The topological polar surface area (TPSA) is 54.0 Å². The van der Waals surface area contributed by atoms with Crippen molar-refractivity contribution in [2.24, 2.45) is 0 Å². The van der Waals surface area contributed by atoms with Crippen molar-refractivity contribution in [3.8, 4) is 11.5 Å². The number of benzene rings is 2. The van der Waals surface area contributed by atoms with Crippen molar-refractivity contribution in [3.63, 3.8) is 0 Å². The van der Waals surface area contributed by atoms with Crippen LogP contribution in [-0.2, 0) is 17.6 Å². The van der Waals surface area contributed by atoms with Crippen molar-refractivity contribution in [3.05, 3.63) is 53.3 Å². The summed E-state index contributed by atoms with van der Waals surface area (Å²) in [5, 5.41) is 3.05. The third-order valence-corrected chi connectivity index (χ3v) is 7.75. The van der Waals surface area contributed by atoms with E-state index < -0.39 is 0 Å². The first-order valence-electron chi connectivity index (χ1n) is 11.2. The second-order valence-corrected chi connectivity index (χ2v) is 12.1. The summed E-state index contributed by atoms with van der Waals surface area (Å²) in [7, 11) is 9.59. The van der Waals surface area contributed by atoms with Crippen LogP contribution in [0.1, 0.15) is 17.5 Å². The highest BCUT2D eigenvalue weighted by Crippen LogP contribution is 2.36. The fourth-order valence-corrected chi connectivity index (χ4v) is 6.60. The van der Waals surface area contributed by atoms with Crippen LogP contribution in [-0.4, -0.2) is 76.7 Å². The van der Waals surface area contributed by atoms with Crippen LogP contribution in [0.15, 0.2) is 42.2 Å². The Morgan fingerprint density at radius 2 is 1.46 bits per heavy atom. The Kier molecular flexibility index (Phi) is 13.0. The summed E-state index contributed by atoms with van der Waals surface area (Å²) in [6, 6.07) is 7.89. The van der Waals surface area contributed by atoms with Gasteiger partial charge >= 0.3 is 0 Å². The van der Waals surface area contributed by atoms with Crippen molar-refractivity contribution in [2.45, 2.75) is 25.3 Å². The first kappa shape index (κ1) is 30.6. The molecule has 0 saturated carbocycles. The molecule has 35 heavy (non-hydrogen) atoms. The van der Waals surface area contributed by atoms with E-state index in [0.717, 1.165) is 47.9 Å². The number of hydrogen-bond acceptors (Lipinski definition) is 5. The summed E-state index contributed by atoms with van der Waals surface area (Å²) >= 11 is 14.3. The number of carbonyl (C=O) groups is 1. The Morgan fingerprint density at radius 1 is 0.914 bits per heavy atom. The molecular formula is C25H33Br4N3O3. The van der Waals surface area contributed by atoms with Crippen LogP contribution in [0.5, 0.6) is 11.5 Å². The quantitative estimate of drug-likeness (QED) is 0.259. The Hall–Kier alpha value is -0.650. The van der Waals surface area contributed by atoms with Gasteiger partial charge in [-0.1, -0.05) is 0 Å². The number of nitrogens with one attached hydrogen (secondary N) is 1. The molecule has 10 heteroatoms. The molecule has 0 aliphatic heterocycles. The van der Waals surface area contributed by atoms with Gasteiger partial charge in [-0.05, 0) is 147 Å². The van der Waals surface area contributed by atoms with Crippen molar-refractivity contribution < 1.29 is 14.3 Å². The molecular weight excluding hydrogens is 710 g/mol. The maximum Gasteiger partial charge on any atom is 0.237 e. The standard InChI is InChI=1S/C25H33Br4N3O3/c1-31(2)9-7-16-11-20(28)24(21(29)12-16)35-10-6-8-30-25(33)22(32(3)4)15-17-13-18(26)23(34-5)19(27)14-17/h11-14,22H,6-10,15H2,1-5H3,(H,30,33). The normalized spacial score (nSPS) is 12.2. The van der Waals surface area contributed by atoms with E-state index in [9.17, 15) is 4.79 Å². The Bertz CT molecular complexity index is 956. The molecule has 0 spiro atoms. The number of amides is 1. The molecule has 0 aliphatic carbocycles. The van der Waals surface area contributed by atoms with E-state index in [-0.39, 0.29) is 11.9 Å². The summed E-state index contributed by atoms with van der Waals surface area (Å²) in [5.74, 6) is 1.51. The van der Waals surface area contributed by atoms with Gasteiger partial charge in [-0.15, -0.1) is 0 Å². The molecule has 194 valence electrons. The average molecular weight is 743 g/mol. The van der Waals surface area contributed by atoms with Gasteiger partial charge in [0.15, 0.2) is 0 Å². The van der Waals surface area contributed by atoms with Crippen molar-refractivity contribution >= 4 is 69.6 Å². The fourth-order valence-electron chi connectivity index (χ4n) is 3.48. The van der Waals surface area contributed by atoms with E-state index in [1.807, 2.05) is 31.1 Å². The van der Waals surface area contributed by atoms with Gasteiger partial charge in [0, 0.05) is 13.1 Å². The predicted octanol–water partition coefficient (Wildman–Crippen LogP) is 5.91. The Balaban J connectivity index is 1.87. The Morgan fingerprint density at radius 3 is 1.97 bits per heavy atom. The van der Waals surface area contributed by atoms with Gasteiger partial charge in [-0.2, -0.15) is 0 Å². The van der Waals surface area contributed by atoms with Crippen LogP contribution in [0.3, 0.4) is 0 Å². The maximum atomic E-state index is 12.9. The zero-order chi connectivity index (χ0) is 26.1. The largest absolute Gasteiger partial charge is 0.494 e. The molecule has 1 atom stereocenters. The molecule has 0 heterocycles. The van der Waals surface area contributed by atoms with Gasteiger partial charge in [0.25, 0.3) is 0 Å². The minimum Gasteiger partial charge on any atom is -0.494 e. The van der Waals surface area contributed by atoms with Gasteiger partial charge < -0.3 is 19.7 Å². The summed E-state index contributed by atoms with van der Waals surface area (Å²) in [6.07, 6.45) is 2.25. The van der Waals surface area contributed by atoms with Crippen molar-refractivity contribution in [1.29, 1.82) is 0 Å². The lowest BCUT2D eigenvalue weighted by atomic mass is 10.0. The smallest absolute Gasteiger partial charge is 0.237 e. The molecule has 0 radical (unpaired) electrons. The van der Waals surface area contributed by atoms with Crippen LogP contribution >= 0.6 is 63.7 Å². The monoisotopic (exact) mass is 739 g/mol. The molecule has 6 nitrogen and oxygen atoms in total. The summed E-state index contributed by atoms with van der Waals surface area (Å²) < 4.78 is 14.9. The first-order valence-corrected chi connectivity index (χ1v) is 14.4. The molecule has 1 N–H and O–H groups in total. The fraction of sp³-hybridized carbons (Fsp3) is 0.480. The number of halogens is 4. The van der Waals surface area contributed by atoms with Crippen LogP contribution in [0.4, 0.5) is 0 Å². The predicted molar refractivity (Wildman–Crippen MR) is 157 cm³/mol. The van der Waals surface area contributed by atoms with Gasteiger partial charge in [-0.25, -0.2) is 0 Å². The van der Waals surface area contributed by atoms with E-state index in [0.29, 0.717) is 26.0 Å². The number of ether oxygens (including phenoxy) is 2. The average Bonchev–Trinajstić information content (AvgIpc) is 2.76. The van der Waals surface area contributed by atoms with Gasteiger partial charge in [0.05, 0.1) is 37.6 Å². The summed E-state index contributed by atoms with van der Waals surface area (Å²) in [5.41, 5.74) is 2.27. The molecule has 0 bridgehead atoms. The second kappa shape index (κ2) is 14.9. The summed E-state index contributed by atoms with van der Waals surface area (Å²) in [4.78, 5) is 17.0. The highest BCUT2D eigenvalue weighted by molar-refractivity contribution is 9.11. The highest BCUT2D eigenvalue weighted by atomic mass is 79.9. The number of likely N-dealkylation sites (N-methyl/N-ethyl adjacent to an activating group) is 2. The minimum absolute atomic E-state index is 0.00864. The van der Waals surface area contributed by atoms with E-state index in [4.69, 9.17) is 9.47 Å². The second-order valence-electron chi connectivity index (χ2n) is 8.71. The van der Waals surface area contributed by atoms with E-state index in [1.54, 1.807) is 7.11 Å². The molecule has 0 aromatic heterocycles. The number of hydrogen-bond donors (Lipinski definition) is 1. The minimum atomic E-state index is -0.291. The zero-order valence-corrected chi connectivity index (χ0v) is 27.1. The number of carbonyl (C=O) groups excluding carboxylic acids is 1. The molecule has 0 saturated heterocycles. The van der Waals surface area contributed by atoms with Crippen LogP contribution in [0, 0.1) is 0 Å². The lowest BCUT2D eigenvalue weighted by Crippen LogP contribution is -2.45. The molecule has 1 amide bonds. The van der Waals surface area contributed by atoms with Gasteiger partial charge in [-0.3, -0.25) is 9.69 Å². The van der Waals surface area contributed by atoms with E-state index >= 15 is 0 Å². The molecule has 0 aliphatic rings. The zero-order valence-electron chi connectivity index (χ0n) is 20.8. The number of methoxy groups -OCH3 is 1. The third kappa shape index (κ3) is 9.63. The maximum absolute atomic E-state index is 12.9. The molecule has 2 aromatic carbocycles. The molecule has 2 rings (SSSR count). The lowest BCUT2D eigenvalue weighted by molar-refractivity contribution is -0.125. The van der Waals surface area contributed by atoms with Crippen molar-refractivity contribution in [1.82, 2.24) is 15.1 Å². The SMILES string of the molecule is COc1c(Br)cc(CC(C(=O)NCCCOc2c(Br)cc(CCN(C)C)cc2Br)N(C)C)cc1Br. The third-order valence-electron chi connectivity index (χ3n) is 5.39. The van der Waals surface area contributed by atoms with Gasteiger partial charge in [0.2, 0.25) is 5.91 Å². The van der Waals surface area contributed by atoms with Crippen LogP contribution < -0.4 is 14.8 Å². The highest BCUT2D eigenvalue weighted by Gasteiger charge is 2.22. The van der Waals surface area contributed by atoms with Gasteiger partial charge in [0.1, 0.15) is 11.5 Å². The number of nitrogens with zero attached hydrogens (tertiary/aromatic N) is 2. The Labute approximate surface area is 242 Å². The lowest BCUT2D eigenvalue weighted by Gasteiger charge is -2.24. The van der Waals surface area contributed by atoms with Crippen molar-refractivity contribution in [2.75, 3.05) is 55.0 Å². The summed E-state index contributed by atoms with van der Waals surface area (Å²) in [6.45, 7) is 2.02. The first-order chi connectivity index (χ1) is 16.5. The van der Waals surface area contributed by atoms with E-state index in [1.165, 1.54) is 5.56 Å². The van der Waals surface area contributed by atoms with Crippen LogP contribution in [0.25, 0.3) is 0 Å². The number of rotatable bonds is 13. The van der Waals surface area contributed by atoms with E-state index in [2.05, 4.69) is 100 Å². The molecule has 0 fully saturated rings.